The number of aliphatic imine (C=N–C) groups is 1. The van der Waals surface area contributed by atoms with E-state index in [1.165, 1.54) is 22.7 Å². The molecule has 0 radical (unpaired) electrons. The number of nitrogens with one attached hydrogen (secondary N) is 2. The quantitative estimate of drug-likeness (QED) is 0.566. The van der Waals surface area contributed by atoms with Crippen molar-refractivity contribution in [2.24, 2.45) is 4.99 Å². The third kappa shape index (κ3) is 5.63. The summed E-state index contributed by atoms with van der Waals surface area (Å²) in [6, 6.07) is 0.833. The van der Waals surface area contributed by atoms with E-state index < -0.39 is 0 Å². The minimum Gasteiger partial charge on any atom is -0.356 e. The van der Waals surface area contributed by atoms with Crippen molar-refractivity contribution in [3.8, 4) is 0 Å². The van der Waals surface area contributed by atoms with Crippen molar-refractivity contribution in [1.82, 2.24) is 20.5 Å². The van der Waals surface area contributed by atoms with Gasteiger partial charge >= 0.3 is 0 Å². The molecule has 6 heteroatoms. The first kappa shape index (κ1) is 16.2. The fourth-order valence-corrected chi connectivity index (χ4v) is 3.17. The lowest BCUT2D eigenvalue weighted by Gasteiger charge is -2.20. The molecule has 0 aromatic carbocycles. The molecule has 0 saturated heterocycles. The summed E-state index contributed by atoms with van der Waals surface area (Å²) in [5.74, 6) is 0.884. The van der Waals surface area contributed by atoms with E-state index in [4.69, 9.17) is 0 Å². The van der Waals surface area contributed by atoms with Crippen molar-refractivity contribution in [1.29, 1.82) is 0 Å². The molecule has 1 aromatic heterocycles. The zero-order chi connectivity index (χ0) is 15.1. The van der Waals surface area contributed by atoms with Crippen molar-refractivity contribution < 1.29 is 0 Å². The first-order valence-electron chi connectivity index (χ1n) is 7.82. The van der Waals surface area contributed by atoms with Crippen LogP contribution in [0.3, 0.4) is 0 Å². The number of hydrogen-bond donors (Lipinski definition) is 2. The van der Waals surface area contributed by atoms with E-state index >= 15 is 0 Å². The van der Waals surface area contributed by atoms with Crippen molar-refractivity contribution in [3.05, 3.63) is 16.1 Å². The summed E-state index contributed by atoms with van der Waals surface area (Å²) >= 11 is 1.76. The van der Waals surface area contributed by atoms with Crippen LogP contribution in [0.5, 0.6) is 0 Å². The molecule has 0 amide bonds. The fourth-order valence-electron chi connectivity index (χ4n) is 2.38. The van der Waals surface area contributed by atoms with Gasteiger partial charge in [-0.3, -0.25) is 9.89 Å². The maximum Gasteiger partial charge on any atom is 0.191 e. The summed E-state index contributed by atoms with van der Waals surface area (Å²) in [6.45, 7) is 8.37. The second-order valence-corrected chi connectivity index (χ2v) is 6.72. The second kappa shape index (κ2) is 8.34. The van der Waals surface area contributed by atoms with Crippen molar-refractivity contribution in [2.45, 2.75) is 39.2 Å². The van der Waals surface area contributed by atoms with E-state index in [1.54, 1.807) is 11.3 Å². The van der Waals surface area contributed by atoms with E-state index in [1.807, 2.05) is 13.2 Å². The molecule has 0 aliphatic heterocycles. The lowest BCUT2D eigenvalue weighted by Crippen LogP contribution is -2.42. The van der Waals surface area contributed by atoms with Crippen LogP contribution < -0.4 is 10.6 Å². The predicted molar refractivity (Wildman–Crippen MR) is 90.2 cm³/mol. The van der Waals surface area contributed by atoms with Crippen molar-refractivity contribution >= 4 is 17.3 Å². The molecular weight excluding hydrogens is 282 g/mol. The van der Waals surface area contributed by atoms with Gasteiger partial charge in [0.05, 0.1) is 5.01 Å². The first-order chi connectivity index (χ1) is 10.2. The number of likely N-dealkylation sites (N-methyl/N-ethyl adjacent to an activating group) is 1. The molecule has 1 heterocycles. The number of aryl methyl sites for hydroxylation is 1. The minimum absolute atomic E-state index is 0.833. The van der Waals surface area contributed by atoms with Crippen LogP contribution in [-0.4, -0.2) is 55.1 Å². The highest BCUT2D eigenvalue weighted by molar-refractivity contribution is 7.11. The standard InChI is InChI=1S/C15H27N5S/c1-4-20(13-5-6-13)10-9-18-15(16-3)17-8-7-14-19-11-12(2)21-14/h11,13H,4-10H2,1-3H3,(H2,16,17,18). The van der Waals surface area contributed by atoms with Crippen LogP contribution in [-0.2, 0) is 6.42 Å². The Morgan fingerprint density at radius 3 is 2.76 bits per heavy atom. The Morgan fingerprint density at radius 1 is 1.43 bits per heavy atom. The van der Waals surface area contributed by atoms with Gasteiger partial charge in [0.25, 0.3) is 0 Å². The monoisotopic (exact) mass is 309 g/mol. The summed E-state index contributed by atoms with van der Waals surface area (Å²) in [4.78, 5) is 12.5. The van der Waals surface area contributed by atoms with E-state index in [9.17, 15) is 0 Å². The van der Waals surface area contributed by atoms with E-state index in [0.717, 1.165) is 44.6 Å². The Kier molecular flexibility index (Phi) is 6.45. The fraction of sp³-hybridized carbons (Fsp3) is 0.733. The SMILES string of the molecule is CCN(CCNC(=NC)NCCc1ncc(C)s1)C1CC1. The van der Waals surface area contributed by atoms with Gasteiger partial charge in [0.2, 0.25) is 0 Å². The van der Waals surface area contributed by atoms with Crippen LogP contribution in [0.4, 0.5) is 0 Å². The molecule has 0 spiro atoms. The molecule has 1 aliphatic rings. The molecule has 1 aromatic rings. The molecule has 21 heavy (non-hydrogen) atoms. The van der Waals surface area contributed by atoms with E-state index in [-0.39, 0.29) is 0 Å². The highest BCUT2D eigenvalue weighted by Crippen LogP contribution is 2.25. The molecule has 0 unspecified atom stereocenters. The number of aromatic nitrogens is 1. The molecule has 0 atom stereocenters. The van der Waals surface area contributed by atoms with Crippen LogP contribution in [0.1, 0.15) is 29.7 Å². The van der Waals surface area contributed by atoms with Crippen LogP contribution in [0.2, 0.25) is 0 Å². The Hall–Kier alpha value is -1.14. The largest absolute Gasteiger partial charge is 0.356 e. The average molecular weight is 309 g/mol. The predicted octanol–water partition coefficient (Wildman–Crippen LogP) is 1.64. The highest BCUT2D eigenvalue weighted by Gasteiger charge is 2.27. The van der Waals surface area contributed by atoms with Crippen LogP contribution in [0, 0.1) is 6.92 Å². The van der Waals surface area contributed by atoms with Gasteiger partial charge in [-0.25, -0.2) is 4.98 Å². The zero-order valence-corrected chi connectivity index (χ0v) is 14.2. The molecule has 0 bridgehead atoms. The first-order valence-corrected chi connectivity index (χ1v) is 8.64. The zero-order valence-electron chi connectivity index (χ0n) is 13.4. The van der Waals surface area contributed by atoms with Crippen molar-refractivity contribution in [3.63, 3.8) is 0 Å². The lowest BCUT2D eigenvalue weighted by molar-refractivity contribution is 0.282. The Balaban J connectivity index is 1.61. The Bertz CT molecular complexity index is 453. The molecule has 1 saturated carbocycles. The van der Waals surface area contributed by atoms with Crippen LogP contribution in [0.25, 0.3) is 0 Å². The van der Waals surface area contributed by atoms with Gasteiger partial charge in [-0.1, -0.05) is 6.92 Å². The average Bonchev–Trinajstić information content (AvgIpc) is 3.24. The Labute approximate surface area is 131 Å². The molecular formula is C15H27N5S. The number of nitrogens with zero attached hydrogens (tertiary/aromatic N) is 3. The molecule has 2 rings (SSSR count). The summed E-state index contributed by atoms with van der Waals surface area (Å²) in [7, 11) is 1.82. The highest BCUT2D eigenvalue weighted by atomic mass is 32.1. The molecule has 1 fully saturated rings. The second-order valence-electron chi connectivity index (χ2n) is 5.40. The van der Waals surface area contributed by atoms with Gasteiger partial charge < -0.3 is 10.6 Å². The minimum atomic E-state index is 0.833. The van der Waals surface area contributed by atoms with Crippen LogP contribution >= 0.6 is 11.3 Å². The van der Waals surface area contributed by atoms with Gasteiger partial charge in [-0.05, 0) is 26.3 Å². The third-order valence-corrected chi connectivity index (χ3v) is 4.66. The molecule has 5 nitrogen and oxygen atoms in total. The summed E-state index contributed by atoms with van der Waals surface area (Å²) < 4.78 is 0. The number of rotatable bonds is 8. The van der Waals surface area contributed by atoms with Gasteiger partial charge in [-0.2, -0.15) is 0 Å². The van der Waals surface area contributed by atoms with Crippen molar-refractivity contribution in [2.75, 3.05) is 33.2 Å². The smallest absolute Gasteiger partial charge is 0.191 e. The molecule has 2 N–H and O–H groups in total. The third-order valence-electron chi connectivity index (χ3n) is 3.68. The number of guanidine groups is 1. The number of thiazole rings is 1. The molecule has 118 valence electrons. The normalized spacial score (nSPS) is 15.5. The summed E-state index contributed by atoms with van der Waals surface area (Å²) in [6.07, 6.45) is 5.62. The summed E-state index contributed by atoms with van der Waals surface area (Å²) in [5, 5.41) is 7.92. The van der Waals surface area contributed by atoms with E-state index in [0.29, 0.717) is 0 Å². The molecule has 1 aliphatic carbocycles. The van der Waals surface area contributed by atoms with Gasteiger partial charge in [0.1, 0.15) is 0 Å². The summed E-state index contributed by atoms with van der Waals surface area (Å²) in [5.41, 5.74) is 0. The maximum atomic E-state index is 4.37. The number of hydrogen-bond acceptors (Lipinski definition) is 4. The van der Waals surface area contributed by atoms with Gasteiger partial charge in [0, 0.05) is 50.2 Å². The van der Waals surface area contributed by atoms with E-state index in [2.05, 4.69) is 39.4 Å². The Morgan fingerprint density at radius 2 is 2.19 bits per heavy atom. The van der Waals surface area contributed by atoms with Crippen LogP contribution in [0.15, 0.2) is 11.2 Å². The maximum absolute atomic E-state index is 4.37. The van der Waals surface area contributed by atoms with Gasteiger partial charge in [-0.15, -0.1) is 11.3 Å². The topological polar surface area (TPSA) is 52.5 Å². The lowest BCUT2D eigenvalue weighted by atomic mass is 10.4. The van der Waals surface area contributed by atoms with Gasteiger partial charge in [0.15, 0.2) is 5.96 Å².